The molecule has 0 amide bonds. The first-order chi connectivity index (χ1) is 9.26. The fraction of sp³-hybridized carbons (Fsp3) is 0.688. The topological polar surface area (TPSA) is 40.8 Å². The summed E-state index contributed by atoms with van der Waals surface area (Å²) in [7, 11) is 0. The Kier molecular flexibility index (Phi) is 3.36. The Morgan fingerprint density at radius 3 is 3.00 bits per heavy atom. The Labute approximate surface area is 115 Å². The van der Waals surface area contributed by atoms with Gasteiger partial charge in [-0.3, -0.25) is 0 Å². The lowest BCUT2D eigenvalue weighted by atomic mass is 9.91. The Hall–Kier alpha value is -1.27. The number of nitriles is 1. The van der Waals surface area contributed by atoms with Gasteiger partial charge in [-0.2, -0.15) is 5.26 Å². The van der Waals surface area contributed by atoms with Crippen LogP contribution in [0.3, 0.4) is 0 Å². The highest BCUT2D eigenvalue weighted by atomic mass is 15.0. The van der Waals surface area contributed by atoms with E-state index in [0.717, 1.165) is 13.1 Å². The van der Waals surface area contributed by atoms with Gasteiger partial charge in [-0.1, -0.05) is 6.92 Å². The summed E-state index contributed by atoms with van der Waals surface area (Å²) in [5.41, 5.74) is 3.31. The molecule has 0 aromatic carbocycles. The van der Waals surface area contributed by atoms with Gasteiger partial charge in [0.15, 0.2) is 0 Å². The monoisotopic (exact) mass is 257 g/mol. The molecular formula is C16H23N3. The molecule has 0 saturated heterocycles. The predicted octanol–water partition coefficient (Wildman–Crippen LogP) is 3.17. The maximum absolute atomic E-state index is 8.92. The van der Waals surface area contributed by atoms with E-state index in [-0.39, 0.29) is 0 Å². The summed E-state index contributed by atoms with van der Waals surface area (Å²) < 4.78 is 2.35. The average molecular weight is 257 g/mol. The number of aryl methyl sites for hydroxylation is 1. The zero-order valence-electron chi connectivity index (χ0n) is 11.8. The van der Waals surface area contributed by atoms with Gasteiger partial charge in [0.2, 0.25) is 0 Å². The second-order valence-corrected chi connectivity index (χ2v) is 6.25. The zero-order valence-corrected chi connectivity index (χ0v) is 11.8. The number of nitrogens with zero attached hydrogens (tertiary/aromatic N) is 2. The number of hydrogen-bond acceptors (Lipinski definition) is 2. The van der Waals surface area contributed by atoms with Crippen LogP contribution in [0.4, 0.5) is 0 Å². The Bertz CT molecular complexity index is 491. The summed E-state index contributed by atoms with van der Waals surface area (Å²) in [5, 5.41) is 12.5. The number of aromatic nitrogens is 1. The van der Waals surface area contributed by atoms with Crippen LogP contribution < -0.4 is 5.32 Å². The molecule has 1 unspecified atom stereocenters. The van der Waals surface area contributed by atoms with Crippen molar-refractivity contribution in [3.63, 3.8) is 0 Å². The van der Waals surface area contributed by atoms with Crippen molar-refractivity contribution >= 4 is 0 Å². The maximum atomic E-state index is 8.92. The molecule has 1 N–H and O–H groups in total. The van der Waals surface area contributed by atoms with E-state index in [1.54, 1.807) is 0 Å². The smallest absolute Gasteiger partial charge is 0.0628 e. The lowest BCUT2D eigenvalue weighted by molar-refractivity contribution is 0.431. The predicted molar refractivity (Wildman–Crippen MR) is 75.7 cm³/mol. The quantitative estimate of drug-likeness (QED) is 0.880. The minimum absolute atomic E-state index is 0.296. The van der Waals surface area contributed by atoms with Crippen LogP contribution in [-0.4, -0.2) is 11.1 Å². The van der Waals surface area contributed by atoms with Crippen LogP contribution in [-0.2, 0) is 13.0 Å². The van der Waals surface area contributed by atoms with Crippen LogP contribution in [0.15, 0.2) is 12.4 Å². The average Bonchev–Trinajstić information content (AvgIpc) is 3.01. The van der Waals surface area contributed by atoms with E-state index in [4.69, 9.17) is 5.26 Å². The third kappa shape index (κ3) is 2.55. The molecule has 3 rings (SSSR count). The van der Waals surface area contributed by atoms with E-state index in [1.807, 2.05) is 0 Å². The van der Waals surface area contributed by atoms with E-state index >= 15 is 0 Å². The highest BCUT2D eigenvalue weighted by molar-refractivity contribution is 5.30. The summed E-state index contributed by atoms with van der Waals surface area (Å²) in [6, 6.07) is 2.90. The number of fused-ring (bicyclic) bond motifs is 1. The van der Waals surface area contributed by atoms with Gasteiger partial charge < -0.3 is 9.88 Å². The van der Waals surface area contributed by atoms with Crippen LogP contribution >= 0.6 is 0 Å². The molecule has 1 aromatic heterocycles. The van der Waals surface area contributed by atoms with E-state index in [0.29, 0.717) is 17.9 Å². The Morgan fingerprint density at radius 2 is 2.32 bits per heavy atom. The summed E-state index contributed by atoms with van der Waals surface area (Å²) in [5.74, 6) is 0. The van der Waals surface area contributed by atoms with Gasteiger partial charge in [-0.15, -0.1) is 0 Å². The minimum atomic E-state index is 0.296. The molecule has 1 atom stereocenters. The molecule has 102 valence electrons. The highest BCUT2D eigenvalue weighted by Crippen LogP contribution is 2.50. The lowest BCUT2D eigenvalue weighted by Gasteiger charge is -2.22. The highest BCUT2D eigenvalue weighted by Gasteiger charge is 2.42. The largest absolute Gasteiger partial charge is 0.353 e. The molecule has 1 aromatic rings. The van der Waals surface area contributed by atoms with E-state index in [2.05, 4.69) is 35.3 Å². The normalized spacial score (nSPS) is 23.7. The van der Waals surface area contributed by atoms with Gasteiger partial charge >= 0.3 is 0 Å². The summed E-state index contributed by atoms with van der Waals surface area (Å²) in [4.78, 5) is 0. The molecule has 1 heterocycles. The zero-order chi connectivity index (χ0) is 13.3. The van der Waals surface area contributed by atoms with Gasteiger partial charge in [0.1, 0.15) is 0 Å². The van der Waals surface area contributed by atoms with Crippen molar-refractivity contribution < 1.29 is 0 Å². The van der Waals surface area contributed by atoms with E-state index in [1.165, 1.54) is 43.2 Å². The van der Waals surface area contributed by atoms with Crippen molar-refractivity contribution in [3.05, 3.63) is 23.5 Å². The maximum Gasteiger partial charge on any atom is 0.0628 e. The molecule has 3 heteroatoms. The SMILES string of the molecule is CCNC1CCCc2cn(CC3(CC#N)CC3)cc21. The van der Waals surface area contributed by atoms with Crippen molar-refractivity contribution in [3.8, 4) is 6.07 Å². The third-order valence-electron chi connectivity index (χ3n) is 4.69. The lowest BCUT2D eigenvalue weighted by Crippen LogP contribution is -2.23. The molecule has 3 nitrogen and oxygen atoms in total. The molecule has 2 aliphatic rings. The van der Waals surface area contributed by atoms with Crippen LogP contribution in [0, 0.1) is 16.7 Å². The molecule has 19 heavy (non-hydrogen) atoms. The van der Waals surface area contributed by atoms with Crippen molar-refractivity contribution in [2.45, 2.75) is 58.0 Å². The standard InChI is InChI=1S/C16H23N3/c1-2-18-15-5-3-4-13-10-19(11-14(13)15)12-16(6-7-16)8-9-17/h10-11,15,18H,2-8,12H2,1H3. The Balaban J connectivity index is 1.76. The second-order valence-electron chi connectivity index (χ2n) is 6.25. The van der Waals surface area contributed by atoms with Crippen LogP contribution in [0.25, 0.3) is 0 Å². The van der Waals surface area contributed by atoms with Gasteiger partial charge in [-0.05, 0) is 49.8 Å². The van der Waals surface area contributed by atoms with Crippen LogP contribution in [0.1, 0.15) is 56.2 Å². The molecule has 0 spiro atoms. The van der Waals surface area contributed by atoms with Gasteiger partial charge in [0.05, 0.1) is 6.07 Å². The van der Waals surface area contributed by atoms with E-state index in [9.17, 15) is 0 Å². The first-order valence-electron chi connectivity index (χ1n) is 7.55. The molecule has 1 fully saturated rings. The first-order valence-corrected chi connectivity index (χ1v) is 7.55. The van der Waals surface area contributed by atoms with Crippen molar-refractivity contribution in [1.29, 1.82) is 5.26 Å². The Morgan fingerprint density at radius 1 is 1.47 bits per heavy atom. The summed E-state index contributed by atoms with van der Waals surface area (Å²) in [6.07, 6.45) is 11.6. The fourth-order valence-electron chi connectivity index (χ4n) is 3.42. The van der Waals surface area contributed by atoms with Crippen LogP contribution in [0.5, 0.6) is 0 Å². The molecule has 0 aliphatic heterocycles. The van der Waals surface area contributed by atoms with Gasteiger partial charge in [-0.25, -0.2) is 0 Å². The molecule has 1 saturated carbocycles. The number of nitrogens with one attached hydrogen (secondary N) is 1. The van der Waals surface area contributed by atoms with Crippen molar-refractivity contribution in [2.75, 3.05) is 6.54 Å². The molecular weight excluding hydrogens is 234 g/mol. The summed E-state index contributed by atoms with van der Waals surface area (Å²) >= 11 is 0. The number of hydrogen-bond donors (Lipinski definition) is 1. The molecule has 0 radical (unpaired) electrons. The van der Waals surface area contributed by atoms with Crippen molar-refractivity contribution in [2.24, 2.45) is 5.41 Å². The third-order valence-corrected chi connectivity index (χ3v) is 4.69. The van der Waals surface area contributed by atoms with Gasteiger partial charge in [0, 0.05) is 36.8 Å². The molecule has 2 aliphatic carbocycles. The first kappa shape index (κ1) is 12.7. The van der Waals surface area contributed by atoms with E-state index < -0.39 is 0 Å². The van der Waals surface area contributed by atoms with Crippen molar-refractivity contribution in [1.82, 2.24) is 9.88 Å². The van der Waals surface area contributed by atoms with Gasteiger partial charge in [0.25, 0.3) is 0 Å². The fourth-order valence-corrected chi connectivity index (χ4v) is 3.42. The summed E-state index contributed by atoms with van der Waals surface area (Å²) in [6.45, 7) is 4.25. The minimum Gasteiger partial charge on any atom is -0.353 e. The van der Waals surface area contributed by atoms with Crippen LogP contribution in [0.2, 0.25) is 0 Å². The number of rotatable bonds is 5. The second kappa shape index (κ2) is 5.02. The molecule has 0 bridgehead atoms.